The van der Waals surface area contributed by atoms with Crippen LogP contribution in [0.25, 0.3) is 22.8 Å². The van der Waals surface area contributed by atoms with Crippen LogP contribution >= 0.6 is 0 Å². The van der Waals surface area contributed by atoms with Crippen LogP contribution in [0.4, 0.5) is 17.1 Å². The maximum atomic E-state index is 12.1. The second-order valence-electron chi connectivity index (χ2n) is 4.99. The Bertz CT molecular complexity index is 506. The van der Waals surface area contributed by atoms with E-state index in [2.05, 4.69) is 47.1 Å². The summed E-state index contributed by atoms with van der Waals surface area (Å²) in [4.78, 5) is 0. The molecule has 114 valence electrons. The summed E-state index contributed by atoms with van der Waals surface area (Å²) in [6.07, 6.45) is 8.40. The number of fused-ring (bicyclic) bond motifs is 3. The zero-order valence-electron chi connectivity index (χ0n) is 12.4. The van der Waals surface area contributed by atoms with Gasteiger partial charge in [0.05, 0.1) is 0 Å². The predicted octanol–water partition coefficient (Wildman–Crippen LogP) is 6.16. The molecule has 0 bridgehead atoms. The Balaban J connectivity index is 0.000000199. The van der Waals surface area contributed by atoms with Crippen molar-refractivity contribution in [3.8, 4) is 0 Å². The zero-order chi connectivity index (χ0) is 15.3. The SMILES string of the molecule is C1=Cc2ccc3c(c2[N-]C1)[N-]CC=C3.C[CH2][Sn]([F])([F])[CH2]C. The van der Waals surface area contributed by atoms with Crippen LogP contribution in [0.1, 0.15) is 25.0 Å². The summed E-state index contributed by atoms with van der Waals surface area (Å²) in [6.45, 7) is 4.73. The van der Waals surface area contributed by atoms with Crippen LogP contribution in [-0.2, 0) is 0 Å². The quantitative estimate of drug-likeness (QED) is 0.535. The first-order valence-corrected chi connectivity index (χ1v) is 13.5. The summed E-state index contributed by atoms with van der Waals surface area (Å²) in [7, 11) is 0. The maximum absolute atomic E-state index is 12.1. The van der Waals surface area contributed by atoms with Crippen molar-refractivity contribution >= 4 is 43.0 Å². The molecule has 3 rings (SSSR count). The molecule has 0 unspecified atom stereocenters. The molecule has 1 aromatic rings. The first-order chi connectivity index (χ1) is 10.1. The van der Waals surface area contributed by atoms with Gasteiger partial charge in [0.15, 0.2) is 0 Å². The van der Waals surface area contributed by atoms with Crippen molar-refractivity contribution in [3.63, 3.8) is 0 Å². The monoisotopic (exact) mass is 398 g/mol. The number of hydrogen-bond acceptors (Lipinski definition) is 0. The fourth-order valence-corrected chi connectivity index (χ4v) is 3.54. The first kappa shape index (κ1) is 16.3. The van der Waals surface area contributed by atoms with Gasteiger partial charge in [-0.15, -0.1) is 36.6 Å². The molecule has 0 aromatic heterocycles. The van der Waals surface area contributed by atoms with Crippen LogP contribution in [0.15, 0.2) is 24.3 Å². The van der Waals surface area contributed by atoms with E-state index >= 15 is 0 Å². The molecule has 0 radical (unpaired) electrons. The van der Waals surface area contributed by atoms with Gasteiger partial charge in [-0.05, 0) is 11.1 Å². The van der Waals surface area contributed by atoms with Gasteiger partial charge in [0.1, 0.15) is 0 Å². The summed E-state index contributed by atoms with van der Waals surface area (Å²) in [5.41, 5.74) is 4.51. The summed E-state index contributed by atoms with van der Waals surface area (Å²) in [5.74, 6) is 0. The molecule has 0 saturated carbocycles. The van der Waals surface area contributed by atoms with Crippen molar-refractivity contribution in [1.29, 1.82) is 0 Å². The van der Waals surface area contributed by atoms with Crippen molar-refractivity contribution in [3.05, 3.63) is 46.0 Å². The van der Waals surface area contributed by atoms with E-state index in [1.165, 1.54) is 11.1 Å². The normalized spacial score (nSPS) is 15.0. The average Bonchev–Trinajstić information content (AvgIpc) is 2.55. The van der Waals surface area contributed by atoms with Gasteiger partial charge in [-0.3, -0.25) is 0 Å². The van der Waals surface area contributed by atoms with E-state index in [4.69, 9.17) is 0 Å². The number of halogens is 2. The molecular formula is C16H20F2N2Sn-2. The van der Waals surface area contributed by atoms with Gasteiger partial charge < -0.3 is 10.6 Å². The number of nitrogens with zero attached hydrogens (tertiary/aromatic N) is 2. The topological polar surface area (TPSA) is 28.2 Å². The molecule has 1 aromatic carbocycles. The average molecular weight is 397 g/mol. The van der Waals surface area contributed by atoms with Crippen LogP contribution in [0.2, 0.25) is 8.87 Å². The minimum atomic E-state index is -4.28. The third-order valence-corrected chi connectivity index (χ3v) is 9.46. The Morgan fingerprint density at radius 3 is 1.67 bits per heavy atom. The third kappa shape index (κ3) is 4.22. The van der Waals surface area contributed by atoms with E-state index in [1.54, 1.807) is 13.8 Å². The summed E-state index contributed by atoms with van der Waals surface area (Å²) in [6, 6.07) is 4.22. The molecule has 2 nitrogen and oxygen atoms in total. The Hall–Kier alpha value is -1.04. The first-order valence-electron chi connectivity index (χ1n) is 7.30. The molecule has 0 spiro atoms. The van der Waals surface area contributed by atoms with Gasteiger partial charge in [-0.25, -0.2) is 0 Å². The van der Waals surface area contributed by atoms with Crippen LogP contribution in [0, 0.1) is 0 Å². The van der Waals surface area contributed by atoms with Gasteiger partial charge in [0.25, 0.3) is 0 Å². The molecule has 2 heterocycles. The van der Waals surface area contributed by atoms with Gasteiger partial charge >= 0.3 is 48.0 Å². The van der Waals surface area contributed by atoms with Crippen molar-refractivity contribution in [2.24, 2.45) is 0 Å². The molecule has 5 heteroatoms. The fraction of sp³-hybridized carbons (Fsp3) is 0.375. The molecule has 0 amide bonds. The van der Waals surface area contributed by atoms with E-state index in [-0.39, 0.29) is 8.87 Å². The molecule has 2 aliphatic rings. The molecule has 21 heavy (non-hydrogen) atoms. The van der Waals surface area contributed by atoms with Gasteiger partial charge in [-0.1, -0.05) is 24.3 Å². The van der Waals surface area contributed by atoms with Gasteiger partial charge in [0, 0.05) is 0 Å². The summed E-state index contributed by atoms with van der Waals surface area (Å²) in [5, 5.41) is 8.98. The second kappa shape index (κ2) is 7.29. The van der Waals surface area contributed by atoms with E-state index in [1.807, 2.05) is 0 Å². The van der Waals surface area contributed by atoms with Crippen LogP contribution < -0.4 is 0 Å². The molecule has 0 fully saturated rings. The summed E-state index contributed by atoms with van der Waals surface area (Å²) >= 11 is -4.28. The number of hydrogen-bond donors (Lipinski definition) is 0. The molecule has 0 aliphatic carbocycles. The molecule has 2 aliphatic heterocycles. The Morgan fingerprint density at radius 1 is 0.905 bits per heavy atom. The Labute approximate surface area is 130 Å². The zero-order valence-corrected chi connectivity index (χ0v) is 15.3. The van der Waals surface area contributed by atoms with Crippen molar-refractivity contribution in [2.45, 2.75) is 22.7 Å². The van der Waals surface area contributed by atoms with Crippen LogP contribution in [-0.4, -0.2) is 32.6 Å². The third-order valence-electron chi connectivity index (χ3n) is 3.55. The van der Waals surface area contributed by atoms with Crippen molar-refractivity contribution in [2.75, 3.05) is 13.1 Å². The molecule has 0 atom stereocenters. The van der Waals surface area contributed by atoms with Crippen LogP contribution in [0.3, 0.4) is 0 Å². The van der Waals surface area contributed by atoms with E-state index in [0.717, 1.165) is 24.5 Å². The molecular weight excluding hydrogens is 377 g/mol. The standard InChI is InChI=1S/C12H10N2.2C2H5.2FH.Sn/c1-3-9-5-6-10-4-2-8-14-12(10)11(9)13-7-1;2*1-2;;;/h1-6H,7-8H2;2*1H2,2H3;2*1H;/q-2;;;;;+2/p-2. The molecule has 0 saturated heterocycles. The number of benzene rings is 1. The minimum absolute atomic E-state index is 0.172. The van der Waals surface area contributed by atoms with E-state index in [0.29, 0.717) is 0 Å². The summed E-state index contributed by atoms with van der Waals surface area (Å²) < 4.78 is 24.5. The van der Waals surface area contributed by atoms with Crippen molar-refractivity contribution in [1.82, 2.24) is 0 Å². The fourth-order valence-electron chi connectivity index (χ4n) is 2.11. The van der Waals surface area contributed by atoms with E-state index in [9.17, 15) is 5.73 Å². The Kier molecular flexibility index (Phi) is 5.67. The van der Waals surface area contributed by atoms with E-state index < -0.39 is 19.5 Å². The second-order valence-corrected chi connectivity index (χ2v) is 13.9. The van der Waals surface area contributed by atoms with Gasteiger partial charge in [0.2, 0.25) is 0 Å². The Morgan fingerprint density at radius 2 is 1.33 bits per heavy atom. The van der Waals surface area contributed by atoms with Crippen LogP contribution in [0.5, 0.6) is 0 Å². The number of rotatable bonds is 2. The van der Waals surface area contributed by atoms with Crippen molar-refractivity contribution < 1.29 is 5.73 Å². The predicted molar refractivity (Wildman–Crippen MR) is 89.2 cm³/mol. The van der Waals surface area contributed by atoms with Gasteiger partial charge in [-0.2, -0.15) is 0 Å². The molecule has 0 N–H and O–H groups in total.